The molecule has 4 rings (SSSR count). The molecule has 0 radical (unpaired) electrons. The second kappa shape index (κ2) is 8.45. The van der Waals surface area contributed by atoms with Gasteiger partial charge in [0.15, 0.2) is 0 Å². The van der Waals surface area contributed by atoms with E-state index in [-0.39, 0.29) is 24.4 Å². The van der Waals surface area contributed by atoms with Gasteiger partial charge in [0.05, 0.1) is 6.04 Å². The number of rotatable bonds is 3. The van der Waals surface area contributed by atoms with E-state index >= 15 is 0 Å². The number of halogens is 1. The van der Waals surface area contributed by atoms with Gasteiger partial charge in [0.25, 0.3) is 0 Å². The first kappa shape index (κ1) is 19.2. The van der Waals surface area contributed by atoms with Gasteiger partial charge in [0.1, 0.15) is 6.54 Å². The molecule has 0 spiro atoms. The van der Waals surface area contributed by atoms with Gasteiger partial charge in [-0.25, -0.2) is 0 Å². The third-order valence-corrected chi connectivity index (χ3v) is 5.32. The van der Waals surface area contributed by atoms with Crippen LogP contribution in [-0.4, -0.2) is 23.3 Å². The number of benzene rings is 3. The fraction of sp³-hybridized carbons (Fsp3) is 0.0833. The number of carbonyl (C=O) groups excluding carboxylic acids is 2. The van der Waals surface area contributed by atoms with E-state index in [4.69, 9.17) is 0 Å². The summed E-state index contributed by atoms with van der Waals surface area (Å²) in [5, 5.41) is 2.93. The molecule has 0 aromatic heterocycles. The van der Waals surface area contributed by atoms with Crippen molar-refractivity contribution in [3.63, 3.8) is 0 Å². The molecule has 1 aliphatic rings. The monoisotopic (exact) mass is 446 g/mol. The van der Waals surface area contributed by atoms with E-state index in [9.17, 15) is 9.59 Å². The Morgan fingerprint density at radius 1 is 1.00 bits per heavy atom. The van der Waals surface area contributed by atoms with Crippen LogP contribution < -0.4 is 5.32 Å². The molecule has 144 valence electrons. The van der Waals surface area contributed by atoms with Gasteiger partial charge < -0.3 is 10.2 Å². The maximum absolute atomic E-state index is 13.2. The Morgan fingerprint density at radius 2 is 1.69 bits per heavy atom. The van der Waals surface area contributed by atoms with Gasteiger partial charge in [-0.1, -0.05) is 76.6 Å². The van der Waals surface area contributed by atoms with Crippen LogP contribution in [-0.2, 0) is 9.59 Å². The lowest BCUT2D eigenvalue weighted by atomic mass is 9.96. The highest BCUT2D eigenvalue weighted by atomic mass is 79.9. The van der Waals surface area contributed by atoms with Crippen molar-refractivity contribution in [1.29, 1.82) is 0 Å². The van der Waals surface area contributed by atoms with E-state index in [1.165, 1.54) is 6.08 Å². The molecule has 3 aromatic rings. The number of nitrogens with one attached hydrogen (secondary N) is 1. The minimum atomic E-state index is -0.379. The lowest BCUT2D eigenvalue weighted by Crippen LogP contribution is -2.38. The van der Waals surface area contributed by atoms with E-state index in [0.717, 1.165) is 26.9 Å². The fourth-order valence-electron chi connectivity index (χ4n) is 3.50. The Morgan fingerprint density at radius 3 is 2.41 bits per heavy atom. The van der Waals surface area contributed by atoms with Crippen molar-refractivity contribution in [2.45, 2.75) is 6.04 Å². The normalized spacial score (nSPS) is 16.2. The van der Waals surface area contributed by atoms with Crippen LogP contribution in [0.15, 0.2) is 89.4 Å². The molecule has 5 heteroatoms. The van der Waals surface area contributed by atoms with Gasteiger partial charge in [-0.05, 0) is 35.4 Å². The number of fused-ring (bicyclic) bond motifs is 1. The highest BCUT2D eigenvalue weighted by molar-refractivity contribution is 9.10. The van der Waals surface area contributed by atoms with Crippen molar-refractivity contribution in [3.05, 3.63) is 106 Å². The second-order valence-corrected chi connectivity index (χ2v) is 7.72. The summed E-state index contributed by atoms with van der Waals surface area (Å²) in [6.45, 7) is -0.0240. The second-order valence-electron chi connectivity index (χ2n) is 6.80. The molecule has 0 unspecified atom stereocenters. The van der Waals surface area contributed by atoms with Crippen molar-refractivity contribution < 1.29 is 9.59 Å². The molecule has 0 bridgehead atoms. The van der Waals surface area contributed by atoms with Crippen molar-refractivity contribution in [3.8, 4) is 0 Å². The zero-order valence-corrected chi connectivity index (χ0v) is 17.2. The maximum atomic E-state index is 13.2. The molecule has 29 heavy (non-hydrogen) atoms. The van der Waals surface area contributed by atoms with Gasteiger partial charge in [-0.3, -0.25) is 9.59 Å². The third-order valence-electron chi connectivity index (χ3n) is 4.82. The highest BCUT2D eigenvalue weighted by Gasteiger charge is 2.32. The summed E-state index contributed by atoms with van der Waals surface area (Å²) in [5.41, 5.74) is 3.47. The zero-order chi connectivity index (χ0) is 20.2. The summed E-state index contributed by atoms with van der Waals surface area (Å²) < 4.78 is 0.889. The highest BCUT2D eigenvalue weighted by Crippen LogP contribution is 2.37. The zero-order valence-electron chi connectivity index (χ0n) is 15.6. The van der Waals surface area contributed by atoms with Crippen LogP contribution in [0.2, 0.25) is 0 Å². The van der Waals surface area contributed by atoms with Crippen molar-refractivity contribution in [2.24, 2.45) is 0 Å². The van der Waals surface area contributed by atoms with Crippen LogP contribution in [0.25, 0.3) is 6.08 Å². The molecular weight excluding hydrogens is 428 g/mol. The van der Waals surface area contributed by atoms with E-state index in [1.54, 1.807) is 11.0 Å². The lowest BCUT2D eigenvalue weighted by molar-refractivity contribution is -0.131. The number of amides is 2. The minimum Gasteiger partial charge on any atom is -0.324 e. The number of carbonyl (C=O) groups is 2. The Balaban J connectivity index is 1.78. The summed E-state index contributed by atoms with van der Waals surface area (Å²) in [6, 6.07) is 24.7. The predicted molar refractivity (Wildman–Crippen MR) is 118 cm³/mol. The topological polar surface area (TPSA) is 49.4 Å². The van der Waals surface area contributed by atoms with Gasteiger partial charge in [0.2, 0.25) is 11.8 Å². The van der Waals surface area contributed by atoms with E-state index in [2.05, 4.69) is 21.2 Å². The first-order chi connectivity index (χ1) is 14.1. The van der Waals surface area contributed by atoms with E-state index < -0.39 is 0 Å². The van der Waals surface area contributed by atoms with Crippen LogP contribution >= 0.6 is 15.9 Å². The first-order valence-corrected chi connectivity index (χ1v) is 10.1. The van der Waals surface area contributed by atoms with Gasteiger partial charge in [-0.15, -0.1) is 0 Å². The summed E-state index contributed by atoms with van der Waals surface area (Å²) in [5.74, 6) is -0.431. The average Bonchev–Trinajstić information content (AvgIpc) is 2.89. The molecule has 1 N–H and O–H groups in total. The Kier molecular flexibility index (Phi) is 5.58. The first-order valence-electron chi connectivity index (χ1n) is 9.30. The Labute approximate surface area is 178 Å². The molecule has 0 saturated carbocycles. The summed E-state index contributed by atoms with van der Waals surface area (Å²) in [4.78, 5) is 27.4. The molecule has 0 fully saturated rings. The maximum Gasteiger partial charge on any atom is 0.247 e. The van der Waals surface area contributed by atoms with Gasteiger partial charge in [-0.2, -0.15) is 0 Å². The molecule has 0 aliphatic carbocycles. The van der Waals surface area contributed by atoms with Crippen LogP contribution in [0, 0.1) is 0 Å². The molecule has 3 aromatic carbocycles. The molecule has 1 aliphatic heterocycles. The van der Waals surface area contributed by atoms with Crippen LogP contribution in [0.3, 0.4) is 0 Å². The average molecular weight is 447 g/mol. The number of anilines is 1. The fourth-order valence-corrected chi connectivity index (χ4v) is 3.88. The van der Waals surface area contributed by atoms with Crippen molar-refractivity contribution in [1.82, 2.24) is 4.90 Å². The minimum absolute atomic E-state index is 0.0240. The molecule has 2 amide bonds. The smallest absolute Gasteiger partial charge is 0.247 e. The number of nitrogens with zero attached hydrogens (tertiary/aromatic N) is 1. The number of hydrogen-bond donors (Lipinski definition) is 1. The summed E-state index contributed by atoms with van der Waals surface area (Å²) in [7, 11) is 0. The van der Waals surface area contributed by atoms with E-state index in [0.29, 0.717) is 0 Å². The third kappa shape index (κ3) is 4.30. The molecule has 0 saturated heterocycles. The quantitative estimate of drug-likeness (QED) is 0.573. The Bertz CT molecular complexity index is 1060. The molecular formula is C24H19BrN2O2. The standard InChI is InChI=1S/C24H19BrN2O2/c25-19-12-13-21-20(15-19)24(18-9-5-2-6-10-18)27(16-22(28)26-21)23(29)14-11-17-7-3-1-4-8-17/h1-15,24H,16H2,(H,26,28)/b14-11+/t24-/m1/s1. The van der Waals surface area contributed by atoms with E-state index in [1.807, 2.05) is 78.9 Å². The molecule has 1 heterocycles. The van der Waals surface area contributed by atoms with Crippen LogP contribution in [0.5, 0.6) is 0 Å². The predicted octanol–water partition coefficient (Wildman–Crippen LogP) is 5.03. The molecule has 4 nitrogen and oxygen atoms in total. The summed E-state index contributed by atoms with van der Waals surface area (Å²) >= 11 is 3.52. The largest absolute Gasteiger partial charge is 0.324 e. The summed E-state index contributed by atoms with van der Waals surface area (Å²) in [6.07, 6.45) is 3.30. The van der Waals surface area contributed by atoms with Gasteiger partial charge >= 0.3 is 0 Å². The number of hydrogen-bond acceptors (Lipinski definition) is 2. The SMILES string of the molecule is O=C1CN(C(=O)/C=C/c2ccccc2)[C@H](c2ccccc2)c2cc(Br)ccc2N1. The van der Waals surface area contributed by atoms with Crippen LogP contribution in [0.4, 0.5) is 5.69 Å². The molecule has 1 atom stereocenters. The lowest BCUT2D eigenvalue weighted by Gasteiger charge is -2.29. The van der Waals surface area contributed by atoms with Crippen molar-refractivity contribution in [2.75, 3.05) is 11.9 Å². The Hall–Kier alpha value is -3.18. The van der Waals surface area contributed by atoms with Crippen molar-refractivity contribution >= 4 is 39.5 Å². The van der Waals surface area contributed by atoms with Gasteiger partial charge in [0, 0.05) is 21.8 Å². The van der Waals surface area contributed by atoms with Crippen LogP contribution in [0.1, 0.15) is 22.7 Å².